The molecule has 2 amide bonds. The first kappa shape index (κ1) is 19.3. The van der Waals surface area contributed by atoms with Crippen molar-refractivity contribution in [3.63, 3.8) is 0 Å². The second-order valence-electron chi connectivity index (χ2n) is 6.40. The highest BCUT2D eigenvalue weighted by molar-refractivity contribution is 6.08. The van der Waals surface area contributed by atoms with E-state index in [4.69, 9.17) is 0 Å². The fourth-order valence-electron chi connectivity index (χ4n) is 2.86. The summed E-state index contributed by atoms with van der Waals surface area (Å²) < 4.78 is 0. The number of nitrogens with zero attached hydrogens (tertiary/aromatic N) is 1. The Labute approximate surface area is 164 Å². The third-order valence-corrected chi connectivity index (χ3v) is 4.52. The lowest BCUT2D eigenvalue weighted by atomic mass is 10.1. The zero-order chi connectivity index (χ0) is 19.9. The van der Waals surface area contributed by atoms with Gasteiger partial charge in [-0.1, -0.05) is 44.2 Å². The molecule has 0 unspecified atom stereocenters. The van der Waals surface area contributed by atoms with E-state index < -0.39 is 0 Å². The average Bonchev–Trinajstić information content (AvgIpc) is 2.74. The molecule has 2 N–H and O–H groups in total. The molecule has 5 heteroatoms. The molecule has 3 rings (SSSR count). The Hall–Kier alpha value is -3.47. The minimum atomic E-state index is -0.345. The second-order valence-corrected chi connectivity index (χ2v) is 6.40. The smallest absolute Gasteiger partial charge is 0.274 e. The SMILES string of the molecule is CCc1ccc(NC(=O)c2ccnc(C(=O)Nc3ccccc3CC)c2)cc1. The van der Waals surface area contributed by atoms with Crippen molar-refractivity contribution in [2.75, 3.05) is 10.6 Å². The van der Waals surface area contributed by atoms with Crippen molar-refractivity contribution in [3.05, 3.63) is 89.2 Å². The number of aromatic nitrogens is 1. The third-order valence-electron chi connectivity index (χ3n) is 4.52. The van der Waals surface area contributed by atoms with Gasteiger partial charge in [0, 0.05) is 23.1 Å². The Morgan fingerprint density at radius 2 is 1.61 bits per heavy atom. The molecule has 0 aliphatic heterocycles. The van der Waals surface area contributed by atoms with Crippen LogP contribution in [0, 0.1) is 0 Å². The van der Waals surface area contributed by atoms with Crippen molar-refractivity contribution < 1.29 is 9.59 Å². The Morgan fingerprint density at radius 1 is 0.857 bits per heavy atom. The van der Waals surface area contributed by atoms with Gasteiger partial charge in [0.1, 0.15) is 5.69 Å². The number of pyridine rings is 1. The molecule has 0 radical (unpaired) electrons. The minimum Gasteiger partial charge on any atom is -0.322 e. The first-order valence-corrected chi connectivity index (χ1v) is 9.36. The second kappa shape index (κ2) is 8.95. The lowest BCUT2D eigenvalue weighted by Gasteiger charge is -2.10. The van der Waals surface area contributed by atoms with Gasteiger partial charge in [-0.2, -0.15) is 0 Å². The van der Waals surface area contributed by atoms with E-state index in [2.05, 4.69) is 22.5 Å². The Kier molecular flexibility index (Phi) is 6.17. The number of amides is 2. The fourth-order valence-corrected chi connectivity index (χ4v) is 2.86. The average molecular weight is 373 g/mol. The molecule has 142 valence electrons. The molecule has 0 saturated carbocycles. The predicted octanol–water partition coefficient (Wildman–Crippen LogP) is 4.71. The monoisotopic (exact) mass is 373 g/mol. The third kappa shape index (κ3) is 4.62. The van der Waals surface area contributed by atoms with Crippen LogP contribution in [0.5, 0.6) is 0 Å². The Morgan fingerprint density at radius 3 is 2.32 bits per heavy atom. The summed E-state index contributed by atoms with van der Waals surface area (Å²) >= 11 is 0. The van der Waals surface area contributed by atoms with Crippen LogP contribution in [0.15, 0.2) is 66.9 Å². The quantitative estimate of drug-likeness (QED) is 0.657. The highest BCUT2D eigenvalue weighted by Gasteiger charge is 2.13. The molecule has 28 heavy (non-hydrogen) atoms. The van der Waals surface area contributed by atoms with E-state index in [1.165, 1.54) is 17.8 Å². The number of carbonyl (C=O) groups is 2. The summed E-state index contributed by atoms with van der Waals surface area (Å²) in [6.07, 6.45) is 3.22. The molecule has 0 bridgehead atoms. The maximum Gasteiger partial charge on any atom is 0.274 e. The lowest BCUT2D eigenvalue weighted by Crippen LogP contribution is -2.17. The van der Waals surface area contributed by atoms with E-state index in [-0.39, 0.29) is 17.5 Å². The number of hydrogen-bond acceptors (Lipinski definition) is 3. The summed E-state index contributed by atoms with van der Waals surface area (Å²) in [5, 5.41) is 5.72. The fraction of sp³-hybridized carbons (Fsp3) is 0.174. The van der Waals surface area contributed by atoms with Crippen LogP contribution in [-0.4, -0.2) is 16.8 Å². The van der Waals surface area contributed by atoms with E-state index in [1.54, 1.807) is 6.07 Å². The van der Waals surface area contributed by atoms with Crippen LogP contribution in [-0.2, 0) is 12.8 Å². The minimum absolute atomic E-state index is 0.194. The molecule has 0 aliphatic carbocycles. The van der Waals surface area contributed by atoms with Crippen LogP contribution in [0.2, 0.25) is 0 Å². The first-order valence-electron chi connectivity index (χ1n) is 9.36. The van der Waals surface area contributed by atoms with Crippen molar-refractivity contribution in [2.45, 2.75) is 26.7 Å². The normalized spacial score (nSPS) is 10.4. The summed E-state index contributed by atoms with van der Waals surface area (Å²) in [5.41, 5.74) is 4.28. The van der Waals surface area contributed by atoms with E-state index in [0.717, 1.165) is 24.1 Å². The van der Waals surface area contributed by atoms with Gasteiger partial charge < -0.3 is 10.6 Å². The van der Waals surface area contributed by atoms with Crippen molar-refractivity contribution in [1.82, 2.24) is 4.98 Å². The van der Waals surface area contributed by atoms with Crippen LogP contribution >= 0.6 is 0 Å². The first-order chi connectivity index (χ1) is 13.6. The molecular formula is C23H23N3O2. The molecule has 2 aromatic carbocycles. The standard InChI is InChI=1S/C23H23N3O2/c1-3-16-9-11-19(12-10-16)25-22(27)18-13-14-24-21(15-18)23(28)26-20-8-6-5-7-17(20)4-2/h5-15H,3-4H2,1-2H3,(H,25,27)(H,26,28). The number of hydrogen-bond donors (Lipinski definition) is 2. The largest absolute Gasteiger partial charge is 0.322 e. The van der Waals surface area contributed by atoms with Crippen molar-refractivity contribution in [2.24, 2.45) is 0 Å². The van der Waals surface area contributed by atoms with Crippen LogP contribution < -0.4 is 10.6 Å². The van der Waals surface area contributed by atoms with Crippen molar-refractivity contribution in [3.8, 4) is 0 Å². The zero-order valence-electron chi connectivity index (χ0n) is 16.0. The molecule has 0 fully saturated rings. The van der Waals surface area contributed by atoms with E-state index >= 15 is 0 Å². The molecule has 0 aliphatic rings. The molecule has 0 spiro atoms. The van der Waals surface area contributed by atoms with Gasteiger partial charge in [0.15, 0.2) is 0 Å². The number of para-hydroxylation sites is 1. The van der Waals surface area contributed by atoms with Gasteiger partial charge in [-0.3, -0.25) is 14.6 Å². The van der Waals surface area contributed by atoms with Gasteiger partial charge in [-0.15, -0.1) is 0 Å². The number of anilines is 2. The van der Waals surface area contributed by atoms with Gasteiger partial charge >= 0.3 is 0 Å². The zero-order valence-corrected chi connectivity index (χ0v) is 16.0. The Bertz CT molecular complexity index is 981. The lowest BCUT2D eigenvalue weighted by molar-refractivity contribution is 0.102. The summed E-state index contributed by atoms with van der Waals surface area (Å²) in [5.74, 6) is -0.627. The number of rotatable bonds is 6. The number of aryl methyl sites for hydroxylation is 2. The van der Waals surface area contributed by atoms with Crippen molar-refractivity contribution >= 4 is 23.2 Å². The predicted molar refractivity (Wildman–Crippen MR) is 112 cm³/mol. The highest BCUT2D eigenvalue weighted by atomic mass is 16.2. The summed E-state index contributed by atoms with van der Waals surface area (Å²) in [7, 11) is 0. The topological polar surface area (TPSA) is 71.1 Å². The summed E-state index contributed by atoms with van der Waals surface area (Å²) in [6.45, 7) is 4.11. The van der Waals surface area contributed by atoms with E-state index in [9.17, 15) is 9.59 Å². The van der Waals surface area contributed by atoms with E-state index in [0.29, 0.717) is 11.3 Å². The number of benzene rings is 2. The Balaban J connectivity index is 1.73. The summed E-state index contributed by atoms with van der Waals surface area (Å²) in [6, 6.07) is 18.4. The van der Waals surface area contributed by atoms with Crippen LogP contribution in [0.1, 0.15) is 45.8 Å². The van der Waals surface area contributed by atoms with Gasteiger partial charge in [-0.05, 0) is 54.3 Å². The number of carbonyl (C=O) groups excluding carboxylic acids is 2. The molecule has 1 aromatic heterocycles. The van der Waals surface area contributed by atoms with Crippen LogP contribution in [0.4, 0.5) is 11.4 Å². The number of nitrogens with one attached hydrogen (secondary N) is 2. The van der Waals surface area contributed by atoms with E-state index in [1.807, 2.05) is 55.5 Å². The molecule has 0 saturated heterocycles. The molecule has 0 atom stereocenters. The van der Waals surface area contributed by atoms with Crippen LogP contribution in [0.25, 0.3) is 0 Å². The summed E-state index contributed by atoms with van der Waals surface area (Å²) in [4.78, 5) is 29.2. The van der Waals surface area contributed by atoms with Gasteiger partial charge in [-0.25, -0.2) is 0 Å². The highest BCUT2D eigenvalue weighted by Crippen LogP contribution is 2.17. The molecule has 1 heterocycles. The maximum atomic E-state index is 12.6. The van der Waals surface area contributed by atoms with Gasteiger partial charge in [0.05, 0.1) is 0 Å². The molecule has 5 nitrogen and oxygen atoms in total. The molecule has 3 aromatic rings. The van der Waals surface area contributed by atoms with Gasteiger partial charge in [0.25, 0.3) is 11.8 Å². The maximum absolute atomic E-state index is 12.6. The molecular weight excluding hydrogens is 350 g/mol. The van der Waals surface area contributed by atoms with Crippen molar-refractivity contribution in [1.29, 1.82) is 0 Å². The van der Waals surface area contributed by atoms with Gasteiger partial charge in [0.2, 0.25) is 0 Å². The van der Waals surface area contributed by atoms with Crippen LogP contribution in [0.3, 0.4) is 0 Å².